The molecule has 0 unspecified atom stereocenters. The van der Waals surface area contributed by atoms with Gasteiger partial charge in [-0.15, -0.1) is 24.4 Å². The first-order chi connectivity index (χ1) is 11.1. The molecule has 0 N–H and O–H groups in total. The van der Waals surface area contributed by atoms with Gasteiger partial charge in [0.2, 0.25) is 0 Å². The Morgan fingerprint density at radius 3 is 2.13 bits per heavy atom. The lowest BCUT2D eigenvalue weighted by atomic mass is 9.90. The Morgan fingerprint density at radius 1 is 0.870 bits per heavy atom. The summed E-state index contributed by atoms with van der Waals surface area (Å²) in [5.74, 6) is 0. The van der Waals surface area contributed by atoms with Crippen molar-refractivity contribution in [1.29, 1.82) is 0 Å². The van der Waals surface area contributed by atoms with E-state index in [2.05, 4.69) is 91.2 Å². The molecule has 0 nitrogen and oxygen atoms in total. The third kappa shape index (κ3) is 2.48. The van der Waals surface area contributed by atoms with E-state index in [0.717, 1.165) is 9.37 Å². The maximum atomic E-state index is 4.57. The minimum atomic E-state index is 0.971. The number of thiol groups is 1. The van der Waals surface area contributed by atoms with Crippen molar-refractivity contribution in [3.63, 3.8) is 0 Å². The van der Waals surface area contributed by atoms with Gasteiger partial charge in [-0.1, -0.05) is 35.8 Å². The molecule has 4 rings (SSSR count). The maximum absolute atomic E-state index is 4.57. The summed E-state index contributed by atoms with van der Waals surface area (Å²) >= 11 is 9.94. The zero-order valence-electron chi connectivity index (χ0n) is 12.9. The molecule has 112 valence electrons. The molecule has 0 saturated carbocycles. The minimum absolute atomic E-state index is 0.971. The van der Waals surface area contributed by atoms with Crippen LogP contribution in [0.25, 0.3) is 32.3 Å². The lowest BCUT2D eigenvalue weighted by Crippen LogP contribution is -2.05. The molecule has 0 aliphatic carbocycles. The normalized spacial score (nSPS) is 11.6. The molecule has 0 aliphatic heterocycles. The van der Waals surface area contributed by atoms with Gasteiger partial charge in [-0.2, -0.15) is 0 Å². The van der Waals surface area contributed by atoms with E-state index in [4.69, 9.17) is 0 Å². The largest absolute Gasteiger partial charge is 0.142 e. The Balaban J connectivity index is 2.18. The fourth-order valence-corrected chi connectivity index (χ4v) is 4.42. The van der Waals surface area contributed by atoms with Gasteiger partial charge in [-0.3, -0.25) is 0 Å². The summed E-state index contributed by atoms with van der Waals surface area (Å²) < 4.78 is 1.04. The summed E-state index contributed by atoms with van der Waals surface area (Å²) in [6.45, 7) is 0. The summed E-state index contributed by atoms with van der Waals surface area (Å²) in [6, 6.07) is 17.8. The van der Waals surface area contributed by atoms with Gasteiger partial charge in [0.1, 0.15) is 7.85 Å². The van der Waals surface area contributed by atoms with E-state index in [1.807, 2.05) is 11.8 Å². The molecule has 0 fully saturated rings. The first-order valence-corrected chi connectivity index (χ1v) is 9.87. The van der Waals surface area contributed by atoms with E-state index in [1.165, 1.54) is 42.7 Å². The highest BCUT2D eigenvalue weighted by molar-refractivity contribution is 9.10. The molecule has 0 heterocycles. The van der Waals surface area contributed by atoms with Gasteiger partial charge < -0.3 is 0 Å². The Labute approximate surface area is 154 Å². The van der Waals surface area contributed by atoms with Crippen molar-refractivity contribution in [2.45, 2.75) is 9.79 Å². The second-order valence-electron chi connectivity index (χ2n) is 5.79. The van der Waals surface area contributed by atoms with E-state index in [9.17, 15) is 0 Å². The highest BCUT2D eigenvalue weighted by Crippen LogP contribution is 2.35. The number of thioether (sulfide) groups is 1. The molecular formula is C19H14BBrS2. The molecule has 0 bridgehead atoms. The lowest BCUT2D eigenvalue weighted by Gasteiger charge is -2.11. The fraction of sp³-hybridized carbons (Fsp3) is 0.0526. The molecular weight excluding hydrogens is 383 g/mol. The Bertz CT molecular complexity index is 1090. The molecule has 0 aliphatic rings. The van der Waals surface area contributed by atoms with Crippen molar-refractivity contribution in [1.82, 2.24) is 0 Å². The van der Waals surface area contributed by atoms with E-state index >= 15 is 0 Å². The van der Waals surface area contributed by atoms with Gasteiger partial charge in [0.15, 0.2) is 0 Å². The van der Waals surface area contributed by atoms with E-state index in [1.54, 1.807) is 0 Å². The Kier molecular flexibility index (Phi) is 3.87. The van der Waals surface area contributed by atoms with E-state index in [-0.39, 0.29) is 0 Å². The number of hydrogen-bond acceptors (Lipinski definition) is 2. The van der Waals surface area contributed by atoms with Gasteiger partial charge in [0, 0.05) is 14.3 Å². The standard InChI is InChI=1S/C19H14BBrS2/c1-23-19-9-15-10(6-16(19)20)2-4-12-13(15)5-3-11-7-17(21)18(22)8-14(11)12/h2-9,22H,20H2,1H3. The average Bonchev–Trinajstić information content (AvgIpc) is 2.54. The van der Waals surface area contributed by atoms with Crippen LogP contribution in [0.5, 0.6) is 0 Å². The number of fused-ring (bicyclic) bond motifs is 5. The van der Waals surface area contributed by atoms with E-state index < -0.39 is 0 Å². The zero-order chi connectivity index (χ0) is 16.1. The molecule has 0 atom stereocenters. The van der Waals surface area contributed by atoms with Crippen molar-refractivity contribution in [2.24, 2.45) is 0 Å². The van der Waals surface area contributed by atoms with Crippen molar-refractivity contribution >= 4 is 85.9 Å². The van der Waals surface area contributed by atoms with Crippen LogP contribution in [0, 0.1) is 0 Å². The number of rotatable bonds is 1. The summed E-state index contributed by atoms with van der Waals surface area (Å²) in [7, 11) is 2.18. The number of halogens is 1. The third-order valence-electron chi connectivity index (χ3n) is 4.42. The van der Waals surface area contributed by atoms with E-state index in [0.29, 0.717) is 0 Å². The minimum Gasteiger partial charge on any atom is -0.142 e. The van der Waals surface area contributed by atoms with Crippen LogP contribution in [0.4, 0.5) is 0 Å². The predicted octanol–water partition coefficient (Wildman–Crippen LogP) is 5.18. The second kappa shape index (κ2) is 5.76. The molecule has 4 heteroatoms. The van der Waals surface area contributed by atoms with Crippen molar-refractivity contribution < 1.29 is 0 Å². The zero-order valence-corrected chi connectivity index (χ0v) is 16.1. The summed E-state index contributed by atoms with van der Waals surface area (Å²) in [5, 5.41) is 7.70. The third-order valence-corrected chi connectivity index (χ3v) is 6.63. The second-order valence-corrected chi connectivity index (χ2v) is 7.98. The molecule has 23 heavy (non-hydrogen) atoms. The fourth-order valence-electron chi connectivity index (χ4n) is 3.25. The van der Waals surface area contributed by atoms with Crippen molar-refractivity contribution in [3.8, 4) is 0 Å². The topological polar surface area (TPSA) is 0 Å². The summed E-state index contributed by atoms with van der Waals surface area (Å²) in [6.07, 6.45) is 2.14. The van der Waals surface area contributed by atoms with Crippen LogP contribution in [0.15, 0.2) is 62.8 Å². The maximum Gasteiger partial charge on any atom is 0.140 e. The molecule has 0 spiro atoms. The SMILES string of the molecule is Bc1cc2ccc3c4cc(S)c(Br)cc4ccc3c2cc1SC. The molecule has 0 amide bonds. The summed E-state index contributed by atoms with van der Waals surface area (Å²) in [5.41, 5.74) is 1.34. The van der Waals surface area contributed by atoms with Gasteiger partial charge in [-0.05, 0) is 72.7 Å². The van der Waals surface area contributed by atoms with Crippen LogP contribution in [-0.4, -0.2) is 14.1 Å². The quantitative estimate of drug-likeness (QED) is 0.200. The first kappa shape index (κ1) is 15.4. The van der Waals surface area contributed by atoms with Crippen LogP contribution >= 0.6 is 40.3 Å². The van der Waals surface area contributed by atoms with Gasteiger partial charge >= 0.3 is 0 Å². The van der Waals surface area contributed by atoms with Crippen molar-refractivity contribution in [2.75, 3.05) is 6.26 Å². The average molecular weight is 397 g/mol. The first-order valence-electron chi connectivity index (χ1n) is 7.41. The van der Waals surface area contributed by atoms with Gasteiger partial charge in [0.05, 0.1) is 0 Å². The lowest BCUT2D eigenvalue weighted by molar-refractivity contribution is 1.47. The van der Waals surface area contributed by atoms with Gasteiger partial charge in [0.25, 0.3) is 0 Å². The molecule has 4 aromatic carbocycles. The van der Waals surface area contributed by atoms with Crippen LogP contribution in [0.1, 0.15) is 0 Å². The molecule has 4 aromatic rings. The highest BCUT2D eigenvalue weighted by Gasteiger charge is 2.08. The Morgan fingerprint density at radius 2 is 1.48 bits per heavy atom. The van der Waals surface area contributed by atoms with Crippen LogP contribution in [0.3, 0.4) is 0 Å². The smallest absolute Gasteiger partial charge is 0.140 e. The molecule has 0 aromatic heterocycles. The highest BCUT2D eigenvalue weighted by atomic mass is 79.9. The predicted molar refractivity (Wildman–Crippen MR) is 114 cm³/mol. The van der Waals surface area contributed by atoms with Crippen molar-refractivity contribution in [3.05, 3.63) is 53.0 Å². The van der Waals surface area contributed by atoms with Gasteiger partial charge in [-0.25, -0.2) is 0 Å². The molecule has 0 radical (unpaired) electrons. The molecule has 0 saturated heterocycles. The van der Waals surface area contributed by atoms with Crippen LogP contribution < -0.4 is 5.46 Å². The monoisotopic (exact) mass is 396 g/mol. The summed E-state index contributed by atoms with van der Waals surface area (Å²) in [4.78, 5) is 2.31. The number of benzene rings is 4. The van der Waals surface area contributed by atoms with Crippen LogP contribution in [-0.2, 0) is 0 Å². The Hall–Kier alpha value is -1.10. The number of hydrogen-bond donors (Lipinski definition) is 1. The van der Waals surface area contributed by atoms with Crippen LogP contribution in [0.2, 0.25) is 0 Å².